The number of nitrogen functional groups attached to an aromatic ring is 1. The molecule has 27 heavy (non-hydrogen) atoms. The summed E-state index contributed by atoms with van der Waals surface area (Å²) in [6.45, 7) is 0. The van der Waals surface area contributed by atoms with Crippen LogP contribution in [0.5, 0.6) is 0 Å². The first-order chi connectivity index (χ1) is 13.1. The zero-order valence-corrected chi connectivity index (χ0v) is 14.5. The molecule has 0 saturated carbocycles. The number of nitrogens with two attached hydrogens (primary N) is 2. The molecule has 0 aliphatic carbocycles. The molecule has 5 rings (SSSR count). The second kappa shape index (κ2) is 5.42. The molecule has 0 spiro atoms. The Balaban J connectivity index is 2.00. The smallest absolute Gasteiger partial charge is 0.254 e. The minimum atomic E-state index is -0.675. The van der Waals surface area contributed by atoms with Crippen molar-refractivity contribution in [3.05, 3.63) is 53.2 Å². The lowest BCUT2D eigenvalue weighted by Gasteiger charge is -2.09. The topological polar surface area (TPSA) is 128 Å². The van der Waals surface area contributed by atoms with Crippen molar-refractivity contribution in [2.75, 3.05) is 5.73 Å². The lowest BCUT2D eigenvalue weighted by Crippen LogP contribution is -2.14. The third-order valence-electron chi connectivity index (χ3n) is 4.50. The molecule has 3 heterocycles. The highest BCUT2D eigenvalue weighted by atomic mass is 35.5. The zero-order chi connectivity index (χ0) is 18.7. The van der Waals surface area contributed by atoms with Crippen LogP contribution >= 0.6 is 11.6 Å². The van der Waals surface area contributed by atoms with Crippen LogP contribution in [0.3, 0.4) is 0 Å². The lowest BCUT2D eigenvalue weighted by molar-refractivity contribution is 0.100. The Bertz CT molecular complexity index is 1390. The average molecular weight is 378 g/mol. The molecule has 0 atom stereocenters. The van der Waals surface area contributed by atoms with Gasteiger partial charge in [-0.15, -0.1) is 0 Å². The average Bonchev–Trinajstić information content (AvgIpc) is 3.17. The summed E-state index contributed by atoms with van der Waals surface area (Å²) in [6, 6.07) is 12.8. The normalized spacial score (nSPS) is 11.6. The van der Waals surface area contributed by atoms with Crippen LogP contribution in [-0.2, 0) is 0 Å². The van der Waals surface area contributed by atoms with Gasteiger partial charge in [-0.1, -0.05) is 29.8 Å². The van der Waals surface area contributed by atoms with Gasteiger partial charge in [-0.3, -0.25) is 14.5 Å². The number of carbonyl (C=O) groups excluding carboxylic acids is 1. The number of nitrogens with zero attached hydrogens (tertiary/aromatic N) is 4. The number of hydrogen-bond acceptors (Lipinski definition) is 5. The number of rotatable bonds is 2. The van der Waals surface area contributed by atoms with Gasteiger partial charge in [0, 0.05) is 0 Å². The Kier molecular flexibility index (Phi) is 3.13. The van der Waals surface area contributed by atoms with E-state index < -0.39 is 5.91 Å². The highest BCUT2D eigenvalue weighted by molar-refractivity contribution is 6.35. The number of primary amides is 1. The molecule has 9 heteroatoms. The van der Waals surface area contributed by atoms with Crippen molar-refractivity contribution in [3.8, 4) is 5.69 Å². The van der Waals surface area contributed by atoms with Gasteiger partial charge in [0.05, 0.1) is 27.6 Å². The number of nitrogens with one attached hydrogen (secondary N) is 1. The van der Waals surface area contributed by atoms with E-state index in [9.17, 15) is 4.79 Å². The fraction of sp³-hybridized carbons (Fsp3) is 0. The van der Waals surface area contributed by atoms with E-state index >= 15 is 0 Å². The van der Waals surface area contributed by atoms with Crippen LogP contribution in [-0.4, -0.2) is 30.6 Å². The number of halogens is 1. The molecule has 0 unspecified atom stereocenters. The van der Waals surface area contributed by atoms with E-state index in [-0.39, 0.29) is 11.4 Å². The summed E-state index contributed by atoms with van der Waals surface area (Å²) < 4.78 is 1.64. The minimum absolute atomic E-state index is 0.125. The summed E-state index contributed by atoms with van der Waals surface area (Å²) in [5, 5.41) is 7.93. The predicted molar refractivity (Wildman–Crippen MR) is 104 cm³/mol. The Morgan fingerprint density at radius 2 is 1.74 bits per heavy atom. The first-order valence-electron chi connectivity index (χ1n) is 8.05. The van der Waals surface area contributed by atoms with Crippen molar-refractivity contribution >= 4 is 56.4 Å². The lowest BCUT2D eigenvalue weighted by atomic mass is 10.2. The molecule has 0 bridgehead atoms. The number of anilines is 1. The third kappa shape index (κ3) is 2.10. The molecule has 0 aliphatic heterocycles. The molecule has 0 aliphatic rings. The van der Waals surface area contributed by atoms with Crippen molar-refractivity contribution in [1.29, 1.82) is 0 Å². The van der Waals surface area contributed by atoms with Crippen molar-refractivity contribution < 1.29 is 4.79 Å². The number of carbonyl (C=O) groups is 1. The molecular formula is C18H12ClN7O. The summed E-state index contributed by atoms with van der Waals surface area (Å²) in [5.41, 5.74) is 15.4. The van der Waals surface area contributed by atoms with Gasteiger partial charge in [-0.25, -0.2) is 9.97 Å². The number of hydrogen-bond donors (Lipinski definition) is 3. The van der Waals surface area contributed by atoms with E-state index in [1.807, 2.05) is 42.5 Å². The summed E-state index contributed by atoms with van der Waals surface area (Å²) in [4.78, 5) is 21.4. The largest absolute Gasteiger partial charge is 0.384 e. The van der Waals surface area contributed by atoms with Crippen molar-refractivity contribution in [2.24, 2.45) is 5.73 Å². The number of amides is 1. The highest BCUT2D eigenvalue weighted by Gasteiger charge is 2.24. The molecule has 2 aromatic carbocycles. The first-order valence-corrected chi connectivity index (χ1v) is 8.43. The van der Waals surface area contributed by atoms with Crippen LogP contribution in [0.1, 0.15) is 10.4 Å². The fourth-order valence-electron chi connectivity index (χ4n) is 3.35. The van der Waals surface area contributed by atoms with Gasteiger partial charge >= 0.3 is 0 Å². The first kappa shape index (κ1) is 15.6. The Labute approximate surface area is 156 Å². The van der Waals surface area contributed by atoms with Crippen molar-refractivity contribution in [3.63, 3.8) is 0 Å². The van der Waals surface area contributed by atoms with E-state index in [2.05, 4.69) is 20.2 Å². The molecule has 5 N–H and O–H groups in total. The molecule has 3 aromatic heterocycles. The maximum atomic E-state index is 12.1. The van der Waals surface area contributed by atoms with E-state index in [0.717, 1.165) is 0 Å². The number of fused-ring (bicyclic) bond motifs is 3. The van der Waals surface area contributed by atoms with Crippen LogP contribution in [0.15, 0.2) is 42.5 Å². The molecule has 132 valence electrons. The summed E-state index contributed by atoms with van der Waals surface area (Å²) in [6.07, 6.45) is 0. The van der Waals surface area contributed by atoms with Gasteiger partial charge < -0.3 is 11.5 Å². The Hall–Kier alpha value is -3.65. The molecular weight excluding hydrogens is 366 g/mol. The summed E-state index contributed by atoms with van der Waals surface area (Å²) >= 11 is 6.30. The van der Waals surface area contributed by atoms with Crippen molar-refractivity contribution in [1.82, 2.24) is 24.7 Å². The molecule has 1 amide bonds. The van der Waals surface area contributed by atoms with Crippen LogP contribution < -0.4 is 11.5 Å². The number of aromatic nitrogens is 5. The number of benzene rings is 2. The van der Waals surface area contributed by atoms with Gasteiger partial charge in [-0.05, 0) is 24.3 Å². The van der Waals surface area contributed by atoms with Crippen LogP contribution in [0.4, 0.5) is 5.82 Å². The van der Waals surface area contributed by atoms with E-state index in [1.165, 1.54) is 0 Å². The van der Waals surface area contributed by atoms with E-state index in [4.69, 9.17) is 23.1 Å². The SMILES string of the molecule is NC(=O)c1c(N)n(-c2cccc3n[nH]c(Cl)c23)c2nc3ccccc3nc12. The Morgan fingerprint density at radius 1 is 1.04 bits per heavy atom. The predicted octanol–water partition coefficient (Wildman–Crippen LogP) is 2.78. The molecule has 8 nitrogen and oxygen atoms in total. The summed E-state index contributed by atoms with van der Waals surface area (Å²) in [5.74, 6) is -0.524. The highest BCUT2D eigenvalue weighted by Crippen LogP contribution is 2.35. The second-order valence-electron chi connectivity index (χ2n) is 6.05. The van der Waals surface area contributed by atoms with Crippen molar-refractivity contribution in [2.45, 2.75) is 0 Å². The maximum Gasteiger partial charge on any atom is 0.254 e. The number of H-pyrrole nitrogens is 1. The quantitative estimate of drug-likeness (QED) is 0.435. The standard InChI is InChI=1S/C18H12ClN7O/c19-15-12-10(24-25-15)6-3-7-11(12)26-16(20)13(17(21)27)14-18(26)23-9-5-2-1-4-8(9)22-14/h1-7H,20H2,(H2,21,27)(H,24,25). The fourth-order valence-corrected chi connectivity index (χ4v) is 3.58. The molecule has 0 radical (unpaired) electrons. The van der Waals surface area contributed by atoms with Gasteiger partial charge in [0.25, 0.3) is 5.91 Å². The number of aromatic amines is 1. The maximum absolute atomic E-state index is 12.1. The van der Waals surface area contributed by atoms with Crippen LogP contribution in [0, 0.1) is 0 Å². The third-order valence-corrected chi connectivity index (χ3v) is 4.77. The molecule has 5 aromatic rings. The van der Waals surface area contributed by atoms with E-state index in [1.54, 1.807) is 4.57 Å². The molecule has 0 fully saturated rings. The zero-order valence-electron chi connectivity index (χ0n) is 13.8. The van der Waals surface area contributed by atoms with Gasteiger partial charge in [0.15, 0.2) is 5.65 Å². The van der Waals surface area contributed by atoms with Gasteiger partial charge in [-0.2, -0.15) is 5.10 Å². The second-order valence-corrected chi connectivity index (χ2v) is 6.43. The molecule has 0 saturated heterocycles. The monoisotopic (exact) mass is 377 g/mol. The van der Waals surface area contributed by atoms with Gasteiger partial charge in [0.2, 0.25) is 0 Å². The minimum Gasteiger partial charge on any atom is -0.384 e. The Morgan fingerprint density at radius 3 is 2.48 bits per heavy atom. The van der Waals surface area contributed by atoms with Crippen LogP contribution in [0.25, 0.3) is 38.8 Å². The van der Waals surface area contributed by atoms with E-state index in [0.29, 0.717) is 43.9 Å². The summed E-state index contributed by atoms with van der Waals surface area (Å²) in [7, 11) is 0. The number of para-hydroxylation sites is 2. The van der Waals surface area contributed by atoms with Gasteiger partial charge in [0.1, 0.15) is 22.1 Å². The van der Waals surface area contributed by atoms with Crippen LogP contribution in [0.2, 0.25) is 5.15 Å².